The van der Waals surface area contributed by atoms with Crippen molar-refractivity contribution in [2.45, 2.75) is 19.8 Å². The number of likely N-dealkylation sites (tertiary alicyclic amines) is 1. The van der Waals surface area contributed by atoms with Crippen molar-refractivity contribution in [2.24, 2.45) is 0 Å². The summed E-state index contributed by atoms with van der Waals surface area (Å²) in [5.74, 6) is 0.0509. The van der Waals surface area contributed by atoms with Crippen molar-refractivity contribution in [3.63, 3.8) is 0 Å². The lowest BCUT2D eigenvalue weighted by molar-refractivity contribution is -0.125. The molecule has 0 radical (unpaired) electrons. The first-order chi connectivity index (χ1) is 5.20. The summed E-state index contributed by atoms with van der Waals surface area (Å²) in [5.41, 5.74) is 0. The van der Waals surface area contributed by atoms with Crippen LogP contribution in [0.15, 0.2) is 11.1 Å². The van der Waals surface area contributed by atoms with Gasteiger partial charge in [0.15, 0.2) is 0 Å². The van der Waals surface area contributed by atoms with Crippen LogP contribution in [0.3, 0.4) is 0 Å². The van der Waals surface area contributed by atoms with Crippen molar-refractivity contribution < 1.29 is 4.79 Å². The number of rotatable bonds is 1. The third kappa shape index (κ3) is 2.54. The Hall–Kier alpha value is -0.500. The molecule has 1 rings (SSSR count). The molecule has 2 nitrogen and oxygen atoms in total. The number of hydrogen-bond donors (Lipinski definition) is 0. The maximum atomic E-state index is 11.2. The first-order valence-corrected chi connectivity index (χ1v) is 4.20. The minimum atomic E-state index is 0.0509. The third-order valence-corrected chi connectivity index (χ3v) is 1.85. The van der Waals surface area contributed by atoms with E-state index in [4.69, 9.17) is 11.6 Å². The number of halogens is 1. The summed E-state index contributed by atoms with van der Waals surface area (Å²) in [4.78, 5) is 13.0. The van der Waals surface area contributed by atoms with E-state index in [1.165, 1.54) is 6.08 Å². The van der Waals surface area contributed by atoms with Gasteiger partial charge in [-0.3, -0.25) is 4.79 Å². The molecule has 1 amide bonds. The monoisotopic (exact) mass is 173 g/mol. The van der Waals surface area contributed by atoms with Gasteiger partial charge >= 0.3 is 0 Å². The molecule has 62 valence electrons. The molecule has 0 atom stereocenters. The van der Waals surface area contributed by atoms with Gasteiger partial charge in [0.1, 0.15) is 0 Å². The summed E-state index contributed by atoms with van der Waals surface area (Å²) in [6, 6.07) is 0. The van der Waals surface area contributed by atoms with Gasteiger partial charge in [0, 0.05) is 24.2 Å². The number of carbonyl (C=O) groups excluding carboxylic acids is 1. The van der Waals surface area contributed by atoms with Crippen LogP contribution in [-0.4, -0.2) is 23.9 Å². The quantitative estimate of drug-likeness (QED) is 0.554. The van der Waals surface area contributed by atoms with Crippen molar-refractivity contribution in [3.8, 4) is 0 Å². The zero-order chi connectivity index (χ0) is 8.27. The smallest absolute Gasteiger partial charge is 0.247 e. The van der Waals surface area contributed by atoms with Crippen LogP contribution in [0.4, 0.5) is 0 Å². The van der Waals surface area contributed by atoms with E-state index in [0.717, 1.165) is 25.9 Å². The number of hydrogen-bond acceptors (Lipinski definition) is 1. The molecule has 0 aromatic carbocycles. The minimum absolute atomic E-state index is 0.0509. The van der Waals surface area contributed by atoms with E-state index >= 15 is 0 Å². The fourth-order valence-electron chi connectivity index (χ4n) is 1.20. The van der Waals surface area contributed by atoms with E-state index in [0.29, 0.717) is 5.03 Å². The molecule has 0 aromatic heterocycles. The average Bonchev–Trinajstić information content (AvgIpc) is 2.35. The van der Waals surface area contributed by atoms with E-state index in [9.17, 15) is 4.79 Å². The van der Waals surface area contributed by atoms with E-state index in [1.54, 1.807) is 6.92 Å². The summed E-state index contributed by atoms with van der Waals surface area (Å²) in [6.45, 7) is 3.49. The molecule has 1 saturated heterocycles. The van der Waals surface area contributed by atoms with Crippen LogP contribution >= 0.6 is 11.6 Å². The molecule has 0 aromatic rings. The highest BCUT2D eigenvalue weighted by Crippen LogP contribution is 2.09. The Labute approximate surface area is 71.8 Å². The van der Waals surface area contributed by atoms with Gasteiger partial charge < -0.3 is 4.90 Å². The molecule has 0 saturated carbocycles. The van der Waals surface area contributed by atoms with Crippen molar-refractivity contribution in [1.29, 1.82) is 0 Å². The lowest BCUT2D eigenvalue weighted by atomic mass is 10.4. The van der Waals surface area contributed by atoms with Gasteiger partial charge in [0.05, 0.1) is 0 Å². The first-order valence-electron chi connectivity index (χ1n) is 3.83. The Balaban J connectivity index is 2.47. The molecule has 0 unspecified atom stereocenters. The SMILES string of the molecule is C/C(Cl)=C/C(=O)N1CCCC1. The Bertz CT molecular complexity index is 179. The Morgan fingerprint density at radius 3 is 2.45 bits per heavy atom. The van der Waals surface area contributed by atoms with Gasteiger partial charge in [-0.1, -0.05) is 11.6 Å². The number of carbonyl (C=O) groups is 1. The third-order valence-electron chi connectivity index (χ3n) is 1.74. The maximum Gasteiger partial charge on any atom is 0.247 e. The second-order valence-corrected chi connectivity index (χ2v) is 3.36. The van der Waals surface area contributed by atoms with Crippen molar-refractivity contribution >= 4 is 17.5 Å². The van der Waals surface area contributed by atoms with E-state index in [-0.39, 0.29) is 5.91 Å². The Kier molecular flexibility index (Phi) is 2.94. The van der Waals surface area contributed by atoms with Gasteiger partial charge in [-0.2, -0.15) is 0 Å². The first kappa shape index (κ1) is 8.60. The van der Waals surface area contributed by atoms with Crippen LogP contribution in [0.5, 0.6) is 0 Å². The summed E-state index contributed by atoms with van der Waals surface area (Å²) in [6.07, 6.45) is 3.73. The molecule has 0 N–H and O–H groups in total. The normalized spacial score (nSPS) is 19.1. The van der Waals surface area contributed by atoms with Crippen LogP contribution in [0, 0.1) is 0 Å². The molecular formula is C8H12ClNO. The van der Waals surface area contributed by atoms with Crippen molar-refractivity contribution in [3.05, 3.63) is 11.1 Å². The van der Waals surface area contributed by atoms with Gasteiger partial charge in [0.25, 0.3) is 0 Å². The summed E-state index contributed by atoms with van der Waals surface area (Å²) in [7, 11) is 0. The van der Waals surface area contributed by atoms with Crippen LogP contribution in [0.1, 0.15) is 19.8 Å². The summed E-state index contributed by atoms with van der Waals surface area (Å²) < 4.78 is 0. The second kappa shape index (κ2) is 3.77. The fraction of sp³-hybridized carbons (Fsp3) is 0.625. The Morgan fingerprint density at radius 2 is 2.00 bits per heavy atom. The lowest BCUT2D eigenvalue weighted by Crippen LogP contribution is -2.25. The highest BCUT2D eigenvalue weighted by molar-refractivity contribution is 6.30. The molecular weight excluding hydrogens is 162 g/mol. The second-order valence-electron chi connectivity index (χ2n) is 2.76. The molecule has 1 aliphatic heterocycles. The molecule has 11 heavy (non-hydrogen) atoms. The predicted molar refractivity (Wildman–Crippen MR) is 45.4 cm³/mol. The highest BCUT2D eigenvalue weighted by Gasteiger charge is 2.15. The zero-order valence-electron chi connectivity index (χ0n) is 6.64. The van der Waals surface area contributed by atoms with Crippen molar-refractivity contribution in [1.82, 2.24) is 4.90 Å². The average molecular weight is 174 g/mol. The molecule has 0 aliphatic carbocycles. The van der Waals surface area contributed by atoms with E-state index in [2.05, 4.69) is 0 Å². The number of allylic oxidation sites excluding steroid dienone is 1. The maximum absolute atomic E-state index is 11.2. The van der Waals surface area contributed by atoms with Gasteiger partial charge in [0.2, 0.25) is 5.91 Å². The van der Waals surface area contributed by atoms with Crippen LogP contribution in [0.2, 0.25) is 0 Å². The number of amides is 1. The summed E-state index contributed by atoms with van der Waals surface area (Å²) in [5, 5.41) is 0.557. The van der Waals surface area contributed by atoms with Gasteiger partial charge in [-0.15, -0.1) is 0 Å². The van der Waals surface area contributed by atoms with Crippen LogP contribution < -0.4 is 0 Å². The molecule has 1 aliphatic rings. The lowest BCUT2D eigenvalue weighted by Gasteiger charge is -2.11. The standard InChI is InChI=1S/C8H12ClNO/c1-7(9)6-8(11)10-4-2-3-5-10/h6H,2-5H2,1H3/b7-6-. The van der Waals surface area contributed by atoms with E-state index < -0.39 is 0 Å². The van der Waals surface area contributed by atoms with Crippen LogP contribution in [0.25, 0.3) is 0 Å². The van der Waals surface area contributed by atoms with Crippen LogP contribution in [-0.2, 0) is 4.79 Å². The fourth-order valence-corrected chi connectivity index (χ4v) is 1.29. The highest BCUT2D eigenvalue weighted by atomic mass is 35.5. The Morgan fingerprint density at radius 1 is 1.45 bits per heavy atom. The topological polar surface area (TPSA) is 20.3 Å². The molecule has 0 bridgehead atoms. The summed E-state index contributed by atoms with van der Waals surface area (Å²) >= 11 is 5.56. The zero-order valence-corrected chi connectivity index (χ0v) is 7.40. The molecule has 1 fully saturated rings. The van der Waals surface area contributed by atoms with E-state index in [1.807, 2.05) is 4.90 Å². The minimum Gasteiger partial charge on any atom is -0.339 e. The molecule has 3 heteroatoms. The van der Waals surface area contributed by atoms with Gasteiger partial charge in [-0.05, 0) is 19.8 Å². The van der Waals surface area contributed by atoms with Gasteiger partial charge in [-0.25, -0.2) is 0 Å². The number of nitrogens with zero attached hydrogens (tertiary/aromatic N) is 1. The molecule has 1 heterocycles. The predicted octanol–water partition coefficient (Wildman–Crippen LogP) is 1.75. The van der Waals surface area contributed by atoms with Crippen molar-refractivity contribution in [2.75, 3.05) is 13.1 Å². The largest absolute Gasteiger partial charge is 0.339 e. The molecule has 0 spiro atoms.